The zero-order valence-corrected chi connectivity index (χ0v) is 18.9. The van der Waals surface area contributed by atoms with E-state index < -0.39 is 0 Å². The number of carbonyl (C=O) groups excluding carboxylic acids is 2. The largest absolute Gasteiger partial charge is 0.496 e. The van der Waals surface area contributed by atoms with E-state index in [1.54, 1.807) is 25.6 Å². The van der Waals surface area contributed by atoms with E-state index in [4.69, 9.17) is 4.74 Å². The number of anilines is 1. The topological polar surface area (TPSA) is 78.9 Å². The Morgan fingerprint density at radius 1 is 0.794 bits per heavy atom. The number of nitrogens with zero attached hydrogens (tertiary/aromatic N) is 5. The molecule has 1 aromatic heterocycles. The van der Waals surface area contributed by atoms with Crippen molar-refractivity contribution in [2.75, 3.05) is 38.2 Å². The van der Waals surface area contributed by atoms with Crippen LogP contribution in [0.5, 0.6) is 5.75 Å². The summed E-state index contributed by atoms with van der Waals surface area (Å²) in [6, 6.07) is 18.6. The first-order valence-corrected chi connectivity index (χ1v) is 11.2. The zero-order chi connectivity index (χ0) is 23.5. The molecule has 0 bridgehead atoms. The van der Waals surface area contributed by atoms with Crippen molar-refractivity contribution in [3.63, 3.8) is 0 Å². The van der Waals surface area contributed by atoms with Crippen LogP contribution in [-0.4, -0.2) is 64.9 Å². The number of hydrogen-bond donors (Lipinski definition) is 0. The average Bonchev–Trinajstić information content (AvgIpc) is 3.15. The number of hydrogen-bond acceptors (Lipinski definition) is 7. The van der Waals surface area contributed by atoms with Crippen LogP contribution in [-0.2, 0) is 16.1 Å². The molecular formula is C26H25N5O3. The highest BCUT2D eigenvalue weighted by Gasteiger charge is 2.42. The molecule has 172 valence electrons. The van der Waals surface area contributed by atoms with E-state index in [1.165, 1.54) is 4.90 Å². The number of methoxy groups -OCH3 is 1. The first-order chi connectivity index (χ1) is 16.7. The summed E-state index contributed by atoms with van der Waals surface area (Å²) in [7, 11) is 1.58. The molecule has 0 N–H and O–H groups in total. The molecule has 0 radical (unpaired) electrons. The number of piperazine rings is 1. The molecule has 0 atom stereocenters. The number of rotatable bonds is 6. The Bertz CT molecular complexity index is 1220. The minimum atomic E-state index is -0.286. The van der Waals surface area contributed by atoms with Gasteiger partial charge in [-0.05, 0) is 17.7 Å². The van der Waals surface area contributed by atoms with Crippen molar-refractivity contribution < 1.29 is 14.3 Å². The molecule has 0 aliphatic carbocycles. The SMILES string of the molecule is COc1ccccc1CN1C(=O)C(c2ccccc2)=C(N2CCN(c3ncccn3)CC2)C1=O. The van der Waals surface area contributed by atoms with Crippen molar-refractivity contribution in [1.29, 1.82) is 0 Å². The van der Waals surface area contributed by atoms with Crippen molar-refractivity contribution >= 4 is 23.3 Å². The number of benzene rings is 2. The molecule has 0 spiro atoms. The van der Waals surface area contributed by atoms with E-state index in [-0.39, 0.29) is 18.4 Å². The molecule has 5 rings (SSSR count). The summed E-state index contributed by atoms with van der Waals surface area (Å²) in [5, 5.41) is 0. The van der Waals surface area contributed by atoms with E-state index in [0.29, 0.717) is 49.1 Å². The Hall–Kier alpha value is -4.20. The van der Waals surface area contributed by atoms with Gasteiger partial charge in [0.1, 0.15) is 11.4 Å². The molecule has 8 nitrogen and oxygen atoms in total. The predicted octanol–water partition coefficient (Wildman–Crippen LogP) is 2.59. The number of carbonyl (C=O) groups is 2. The van der Waals surface area contributed by atoms with Gasteiger partial charge in [0.15, 0.2) is 0 Å². The van der Waals surface area contributed by atoms with Gasteiger partial charge in [-0.3, -0.25) is 14.5 Å². The third kappa shape index (κ3) is 3.98. The minimum Gasteiger partial charge on any atom is -0.496 e. The zero-order valence-electron chi connectivity index (χ0n) is 18.9. The lowest BCUT2D eigenvalue weighted by atomic mass is 10.0. The highest BCUT2D eigenvalue weighted by atomic mass is 16.5. The maximum Gasteiger partial charge on any atom is 0.278 e. The molecule has 1 fully saturated rings. The Morgan fingerprint density at radius 2 is 1.44 bits per heavy atom. The molecule has 3 heterocycles. The fraction of sp³-hybridized carbons (Fsp3) is 0.231. The average molecular weight is 456 g/mol. The van der Waals surface area contributed by atoms with Gasteiger partial charge in [-0.15, -0.1) is 0 Å². The third-order valence-electron chi connectivity index (χ3n) is 6.16. The number of ether oxygens (including phenoxy) is 1. The van der Waals surface area contributed by atoms with Gasteiger partial charge < -0.3 is 14.5 Å². The van der Waals surface area contributed by atoms with Crippen LogP contribution in [0.4, 0.5) is 5.95 Å². The van der Waals surface area contributed by atoms with E-state index >= 15 is 0 Å². The lowest BCUT2D eigenvalue weighted by molar-refractivity contribution is -0.138. The first-order valence-electron chi connectivity index (χ1n) is 11.2. The molecule has 0 unspecified atom stereocenters. The van der Waals surface area contributed by atoms with Crippen LogP contribution >= 0.6 is 0 Å². The van der Waals surface area contributed by atoms with Crippen molar-refractivity contribution in [2.24, 2.45) is 0 Å². The summed E-state index contributed by atoms with van der Waals surface area (Å²) in [5.41, 5.74) is 2.43. The van der Waals surface area contributed by atoms with Crippen LogP contribution in [0.25, 0.3) is 5.57 Å². The van der Waals surface area contributed by atoms with Gasteiger partial charge in [0.25, 0.3) is 11.8 Å². The fourth-order valence-electron chi connectivity index (χ4n) is 4.45. The summed E-state index contributed by atoms with van der Waals surface area (Å²) < 4.78 is 5.44. The van der Waals surface area contributed by atoms with Gasteiger partial charge in [0, 0.05) is 44.1 Å². The molecule has 34 heavy (non-hydrogen) atoms. The van der Waals surface area contributed by atoms with Gasteiger partial charge in [0.05, 0.1) is 19.2 Å². The van der Waals surface area contributed by atoms with Crippen LogP contribution < -0.4 is 9.64 Å². The Labute approximate surface area is 198 Å². The van der Waals surface area contributed by atoms with E-state index in [0.717, 1.165) is 11.1 Å². The molecule has 8 heteroatoms. The highest BCUT2D eigenvalue weighted by molar-refractivity contribution is 6.35. The van der Waals surface area contributed by atoms with E-state index in [1.807, 2.05) is 59.5 Å². The number of para-hydroxylation sites is 1. The predicted molar refractivity (Wildman–Crippen MR) is 128 cm³/mol. The van der Waals surface area contributed by atoms with Crippen LogP contribution in [0, 0.1) is 0 Å². The van der Waals surface area contributed by atoms with Crippen LogP contribution in [0.15, 0.2) is 78.8 Å². The summed E-state index contributed by atoms with van der Waals surface area (Å²) in [6.45, 7) is 2.64. The second-order valence-electron chi connectivity index (χ2n) is 8.12. The van der Waals surface area contributed by atoms with E-state index in [9.17, 15) is 9.59 Å². The summed E-state index contributed by atoms with van der Waals surface area (Å²) >= 11 is 0. The molecular weight excluding hydrogens is 430 g/mol. The molecule has 2 aliphatic heterocycles. The Kier molecular flexibility index (Phi) is 5.95. The Balaban J connectivity index is 1.45. The van der Waals surface area contributed by atoms with Crippen LogP contribution in [0.3, 0.4) is 0 Å². The first kappa shape index (κ1) is 21.6. The number of amides is 2. The van der Waals surface area contributed by atoms with Gasteiger partial charge >= 0.3 is 0 Å². The van der Waals surface area contributed by atoms with Gasteiger partial charge in [-0.1, -0.05) is 48.5 Å². The van der Waals surface area contributed by atoms with Gasteiger partial charge in [-0.25, -0.2) is 9.97 Å². The van der Waals surface area contributed by atoms with Crippen molar-refractivity contribution in [3.8, 4) is 5.75 Å². The van der Waals surface area contributed by atoms with Gasteiger partial charge in [0.2, 0.25) is 5.95 Å². The smallest absolute Gasteiger partial charge is 0.278 e. The number of aromatic nitrogens is 2. The maximum absolute atomic E-state index is 13.7. The molecule has 1 saturated heterocycles. The third-order valence-corrected chi connectivity index (χ3v) is 6.16. The quantitative estimate of drug-likeness (QED) is 0.529. The van der Waals surface area contributed by atoms with E-state index in [2.05, 4.69) is 14.9 Å². The number of imide groups is 1. The molecule has 2 aromatic carbocycles. The van der Waals surface area contributed by atoms with Crippen LogP contribution in [0.1, 0.15) is 11.1 Å². The molecule has 0 saturated carbocycles. The van der Waals surface area contributed by atoms with Gasteiger partial charge in [-0.2, -0.15) is 0 Å². The normalized spacial score (nSPS) is 16.4. The van der Waals surface area contributed by atoms with Crippen molar-refractivity contribution in [3.05, 3.63) is 89.9 Å². The van der Waals surface area contributed by atoms with Crippen molar-refractivity contribution in [2.45, 2.75) is 6.54 Å². The maximum atomic E-state index is 13.7. The second kappa shape index (κ2) is 9.35. The summed E-state index contributed by atoms with van der Waals surface area (Å²) in [4.78, 5) is 41.4. The molecule has 2 aliphatic rings. The lowest BCUT2D eigenvalue weighted by Gasteiger charge is -2.36. The van der Waals surface area contributed by atoms with Crippen molar-refractivity contribution in [1.82, 2.24) is 19.8 Å². The fourth-order valence-corrected chi connectivity index (χ4v) is 4.45. The van der Waals surface area contributed by atoms with Crippen LogP contribution in [0.2, 0.25) is 0 Å². The minimum absolute atomic E-state index is 0.152. The lowest BCUT2D eigenvalue weighted by Crippen LogP contribution is -2.48. The Morgan fingerprint density at radius 3 is 2.15 bits per heavy atom. The molecule has 2 amide bonds. The second-order valence-corrected chi connectivity index (χ2v) is 8.12. The summed E-state index contributed by atoms with van der Waals surface area (Å²) in [5.74, 6) is 0.755. The highest BCUT2D eigenvalue weighted by Crippen LogP contribution is 2.34. The molecule has 3 aromatic rings. The monoisotopic (exact) mass is 455 g/mol. The standard InChI is InChI=1S/C26H25N5O3/c1-34-21-11-6-5-10-20(21)18-31-24(32)22(19-8-3-2-4-9-19)23(25(31)33)29-14-16-30(17-15-29)26-27-12-7-13-28-26/h2-13H,14-18H2,1H3. The summed E-state index contributed by atoms with van der Waals surface area (Å²) in [6.07, 6.45) is 3.44.